The predicted molar refractivity (Wildman–Crippen MR) is 81.5 cm³/mol. The molecule has 2 saturated heterocycles. The van der Waals surface area contributed by atoms with Gasteiger partial charge in [0.15, 0.2) is 0 Å². The molecule has 3 atom stereocenters. The SMILES string of the molecule is CC1CCC2N(C1)CC(C)N2CC(=O)C1CCCCC1. The van der Waals surface area contributed by atoms with Gasteiger partial charge in [0.2, 0.25) is 0 Å². The molecule has 0 amide bonds. The van der Waals surface area contributed by atoms with Gasteiger partial charge in [0.05, 0.1) is 12.7 Å². The van der Waals surface area contributed by atoms with Crippen LogP contribution in [-0.2, 0) is 4.79 Å². The third kappa shape index (κ3) is 2.94. The highest BCUT2D eigenvalue weighted by atomic mass is 16.1. The van der Waals surface area contributed by atoms with Gasteiger partial charge in [-0.05, 0) is 38.5 Å². The van der Waals surface area contributed by atoms with Crippen LogP contribution < -0.4 is 0 Å². The second-order valence-electron chi connectivity index (χ2n) is 7.44. The van der Waals surface area contributed by atoms with Crippen LogP contribution in [-0.4, -0.2) is 47.4 Å². The molecule has 0 N–H and O–H groups in total. The van der Waals surface area contributed by atoms with Crippen molar-refractivity contribution in [1.82, 2.24) is 9.80 Å². The highest BCUT2D eigenvalue weighted by Crippen LogP contribution is 2.32. The molecule has 0 aromatic rings. The number of hydrogen-bond acceptors (Lipinski definition) is 3. The first-order chi connectivity index (χ1) is 9.65. The van der Waals surface area contributed by atoms with Gasteiger partial charge in [-0.1, -0.05) is 26.2 Å². The van der Waals surface area contributed by atoms with Gasteiger partial charge in [-0.3, -0.25) is 14.6 Å². The fourth-order valence-electron chi connectivity index (χ4n) is 4.53. The number of fused-ring (bicyclic) bond motifs is 1. The molecular weight excluding hydrogens is 248 g/mol. The van der Waals surface area contributed by atoms with E-state index in [1.54, 1.807) is 0 Å². The van der Waals surface area contributed by atoms with Crippen molar-refractivity contribution in [2.24, 2.45) is 11.8 Å². The zero-order valence-electron chi connectivity index (χ0n) is 13.2. The summed E-state index contributed by atoms with van der Waals surface area (Å²) in [7, 11) is 0. The van der Waals surface area contributed by atoms with Crippen LogP contribution in [0.3, 0.4) is 0 Å². The molecule has 3 fully saturated rings. The van der Waals surface area contributed by atoms with Crippen LogP contribution in [0.25, 0.3) is 0 Å². The van der Waals surface area contributed by atoms with Crippen LogP contribution in [0.15, 0.2) is 0 Å². The van der Waals surface area contributed by atoms with Crippen molar-refractivity contribution in [2.75, 3.05) is 19.6 Å². The number of hydrogen-bond donors (Lipinski definition) is 0. The van der Waals surface area contributed by atoms with Crippen LogP contribution in [0.5, 0.6) is 0 Å². The zero-order chi connectivity index (χ0) is 14.1. The van der Waals surface area contributed by atoms with E-state index in [4.69, 9.17) is 0 Å². The molecule has 3 nitrogen and oxygen atoms in total. The second-order valence-corrected chi connectivity index (χ2v) is 7.44. The maximum atomic E-state index is 12.6. The van der Waals surface area contributed by atoms with Crippen molar-refractivity contribution in [3.63, 3.8) is 0 Å². The lowest BCUT2D eigenvalue weighted by Crippen LogP contribution is -2.47. The Morgan fingerprint density at radius 1 is 1.00 bits per heavy atom. The van der Waals surface area contributed by atoms with Crippen molar-refractivity contribution in [1.29, 1.82) is 0 Å². The zero-order valence-corrected chi connectivity index (χ0v) is 13.2. The number of carbonyl (C=O) groups is 1. The third-order valence-electron chi connectivity index (χ3n) is 5.73. The highest BCUT2D eigenvalue weighted by Gasteiger charge is 2.41. The number of nitrogens with zero attached hydrogens (tertiary/aromatic N) is 2. The first-order valence-electron chi connectivity index (χ1n) is 8.67. The Morgan fingerprint density at radius 2 is 1.75 bits per heavy atom. The molecular formula is C17H30N2O. The molecule has 3 rings (SSSR count). The molecule has 2 aliphatic heterocycles. The Labute approximate surface area is 123 Å². The molecule has 0 aromatic carbocycles. The number of rotatable bonds is 3. The fourth-order valence-corrected chi connectivity index (χ4v) is 4.53. The van der Waals surface area contributed by atoms with Crippen LogP contribution >= 0.6 is 0 Å². The van der Waals surface area contributed by atoms with E-state index in [0.29, 0.717) is 30.5 Å². The van der Waals surface area contributed by atoms with E-state index in [1.165, 1.54) is 38.6 Å². The van der Waals surface area contributed by atoms with E-state index in [-0.39, 0.29) is 0 Å². The lowest BCUT2D eigenvalue weighted by Gasteiger charge is -2.37. The summed E-state index contributed by atoms with van der Waals surface area (Å²) in [6.45, 7) is 7.76. The van der Waals surface area contributed by atoms with Gasteiger partial charge in [0, 0.05) is 25.0 Å². The Hall–Kier alpha value is -0.410. The van der Waals surface area contributed by atoms with Crippen molar-refractivity contribution < 1.29 is 4.79 Å². The Kier molecular flexibility index (Phi) is 4.46. The molecule has 1 aliphatic carbocycles. The van der Waals surface area contributed by atoms with Gasteiger partial charge < -0.3 is 0 Å². The van der Waals surface area contributed by atoms with E-state index in [9.17, 15) is 4.79 Å². The maximum absolute atomic E-state index is 12.6. The minimum absolute atomic E-state index is 0.368. The Bertz CT molecular complexity index is 351. The smallest absolute Gasteiger partial charge is 0.149 e. The predicted octanol–water partition coefficient (Wildman–Crippen LogP) is 2.90. The third-order valence-corrected chi connectivity index (χ3v) is 5.73. The van der Waals surface area contributed by atoms with Gasteiger partial charge in [-0.25, -0.2) is 0 Å². The first kappa shape index (κ1) is 14.5. The van der Waals surface area contributed by atoms with Gasteiger partial charge in [0.25, 0.3) is 0 Å². The van der Waals surface area contributed by atoms with Gasteiger partial charge >= 0.3 is 0 Å². The molecule has 114 valence electrons. The Morgan fingerprint density at radius 3 is 2.50 bits per heavy atom. The second kappa shape index (κ2) is 6.15. The molecule has 2 heterocycles. The molecule has 0 bridgehead atoms. The highest BCUT2D eigenvalue weighted by molar-refractivity contribution is 5.83. The van der Waals surface area contributed by atoms with Gasteiger partial charge in [-0.15, -0.1) is 0 Å². The number of carbonyl (C=O) groups excluding carboxylic acids is 1. The molecule has 0 aromatic heterocycles. The van der Waals surface area contributed by atoms with Crippen LogP contribution in [0, 0.1) is 11.8 Å². The molecule has 1 saturated carbocycles. The molecule has 20 heavy (non-hydrogen) atoms. The van der Waals surface area contributed by atoms with Crippen molar-refractivity contribution in [3.05, 3.63) is 0 Å². The molecule has 3 unspecified atom stereocenters. The molecule has 0 radical (unpaired) electrons. The average molecular weight is 278 g/mol. The number of Topliss-reactive ketones (excluding diaryl/α,β-unsaturated/α-hetero) is 1. The summed E-state index contributed by atoms with van der Waals surface area (Å²) < 4.78 is 0. The van der Waals surface area contributed by atoms with E-state index in [2.05, 4.69) is 23.6 Å². The van der Waals surface area contributed by atoms with E-state index in [0.717, 1.165) is 25.3 Å². The minimum Gasteiger partial charge on any atom is -0.298 e. The standard InChI is InChI=1S/C17H30N2O/c1-13-8-9-17-18(10-13)11-14(2)19(17)12-16(20)15-6-4-3-5-7-15/h13-15,17H,3-12H2,1-2H3. The average Bonchev–Trinajstić information content (AvgIpc) is 2.75. The van der Waals surface area contributed by atoms with Crippen molar-refractivity contribution in [2.45, 2.75) is 71.0 Å². The van der Waals surface area contributed by atoms with Crippen LogP contribution in [0.1, 0.15) is 58.8 Å². The molecule has 3 heteroatoms. The summed E-state index contributed by atoms with van der Waals surface area (Å²) in [5.74, 6) is 1.72. The summed E-state index contributed by atoms with van der Waals surface area (Å²) in [6.07, 6.45) is 9.27. The fraction of sp³-hybridized carbons (Fsp3) is 0.941. The summed E-state index contributed by atoms with van der Waals surface area (Å²) in [5.41, 5.74) is 0. The summed E-state index contributed by atoms with van der Waals surface area (Å²) in [4.78, 5) is 17.7. The largest absolute Gasteiger partial charge is 0.298 e. The summed E-state index contributed by atoms with van der Waals surface area (Å²) >= 11 is 0. The van der Waals surface area contributed by atoms with Gasteiger partial charge in [-0.2, -0.15) is 0 Å². The quantitative estimate of drug-likeness (QED) is 0.793. The number of piperidine rings is 1. The maximum Gasteiger partial charge on any atom is 0.149 e. The van der Waals surface area contributed by atoms with Crippen molar-refractivity contribution >= 4 is 5.78 Å². The minimum atomic E-state index is 0.368. The van der Waals surface area contributed by atoms with Crippen molar-refractivity contribution in [3.8, 4) is 0 Å². The number of ketones is 1. The van der Waals surface area contributed by atoms with E-state index in [1.807, 2.05) is 0 Å². The van der Waals surface area contributed by atoms with E-state index >= 15 is 0 Å². The topological polar surface area (TPSA) is 23.6 Å². The van der Waals surface area contributed by atoms with E-state index < -0.39 is 0 Å². The monoisotopic (exact) mass is 278 g/mol. The van der Waals surface area contributed by atoms with Crippen LogP contribution in [0.4, 0.5) is 0 Å². The van der Waals surface area contributed by atoms with Crippen LogP contribution in [0.2, 0.25) is 0 Å². The lowest BCUT2D eigenvalue weighted by molar-refractivity contribution is -0.126. The van der Waals surface area contributed by atoms with Gasteiger partial charge in [0.1, 0.15) is 5.78 Å². The lowest BCUT2D eigenvalue weighted by atomic mass is 9.86. The first-order valence-corrected chi connectivity index (χ1v) is 8.67. The summed E-state index contributed by atoms with van der Waals surface area (Å²) in [5, 5.41) is 0. The summed E-state index contributed by atoms with van der Waals surface area (Å²) in [6, 6.07) is 0.554. The Balaban J connectivity index is 1.60. The molecule has 3 aliphatic rings. The normalized spacial score (nSPS) is 37.0. The molecule has 0 spiro atoms.